The van der Waals surface area contributed by atoms with Gasteiger partial charge in [0.05, 0.1) is 17.3 Å². The first-order valence-corrected chi connectivity index (χ1v) is 5.05. The lowest BCUT2D eigenvalue weighted by Gasteiger charge is -2.10. The number of carbonyl (C=O) groups excluding carboxylic acids is 1. The Labute approximate surface area is 97.4 Å². The minimum absolute atomic E-state index is 0.0797. The van der Waals surface area contributed by atoms with E-state index in [1.165, 1.54) is 12.1 Å². The highest BCUT2D eigenvalue weighted by molar-refractivity contribution is 5.95. The van der Waals surface area contributed by atoms with Crippen LogP contribution >= 0.6 is 0 Å². The molecule has 1 aromatic rings. The number of rotatable bonds is 4. The van der Waals surface area contributed by atoms with Crippen LogP contribution in [0.4, 0.5) is 10.1 Å². The van der Waals surface area contributed by atoms with Gasteiger partial charge >= 0.3 is 5.97 Å². The van der Waals surface area contributed by atoms with E-state index in [1.807, 2.05) is 0 Å². The van der Waals surface area contributed by atoms with Gasteiger partial charge in [0, 0.05) is 0 Å². The summed E-state index contributed by atoms with van der Waals surface area (Å²) in [5, 5.41) is 10.9. The van der Waals surface area contributed by atoms with Crippen molar-refractivity contribution >= 4 is 17.6 Å². The maximum absolute atomic E-state index is 13.4. The van der Waals surface area contributed by atoms with Crippen molar-refractivity contribution < 1.29 is 19.1 Å². The lowest BCUT2D eigenvalue weighted by atomic mass is 10.2. The molecule has 1 rings (SSSR count). The standard InChI is InChI=1S/C11H13FN2O3/c1-2-8(13)10(15)14-9-4-3-6(11(16)17)5-7(9)12/h3-5,8H,2,13H2,1H3,(H,14,15)(H,16,17)/t8-/m0/s1. The molecule has 6 heteroatoms. The Hall–Kier alpha value is -1.95. The molecule has 4 N–H and O–H groups in total. The quantitative estimate of drug-likeness (QED) is 0.737. The molecule has 0 heterocycles. The van der Waals surface area contributed by atoms with E-state index in [4.69, 9.17) is 10.8 Å². The van der Waals surface area contributed by atoms with E-state index in [0.717, 1.165) is 6.07 Å². The molecule has 0 saturated carbocycles. The monoisotopic (exact) mass is 240 g/mol. The van der Waals surface area contributed by atoms with E-state index in [0.29, 0.717) is 6.42 Å². The normalized spacial score (nSPS) is 11.9. The molecule has 1 amide bonds. The van der Waals surface area contributed by atoms with Crippen LogP contribution in [0, 0.1) is 5.82 Å². The zero-order chi connectivity index (χ0) is 13.0. The molecule has 1 aromatic carbocycles. The largest absolute Gasteiger partial charge is 0.478 e. The van der Waals surface area contributed by atoms with E-state index in [1.54, 1.807) is 6.92 Å². The molecule has 0 saturated heterocycles. The molecular formula is C11H13FN2O3. The summed E-state index contributed by atoms with van der Waals surface area (Å²) in [4.78, 5) is 22.0. The van der Waals surface area contributed by atoms with Crippen LogP contribution in [0.25, 0.3) is 0 Å². The van der Waals surface area contributed by atoms with Gasteiger partial charge in [-0.05, 0) is 24.6 Å². The van der Waals surface area contributed by atoms with Gasteiger partial charge in [0.25, 0.3) is 0 Å². The molecule has 0 fully saturated rings. The number of anilines is 1. The molecule has 5 nitrogen and oxygen atoms in total. The zero-order valence-corrected chi connectivity index (χ0v) is 9.24. The predicted molar refractivity (Wildman–Crippen MR) is 60.3 cm³/mol. The van der Waals surface area contributed by atoms with E-state index in [-0.39, 0.29) is 11.3 Å². The van der Waals surface area contributed by atoms with E-state index < -0.39 is 23.7 Å². The number of benzene rings is 1. The van der Waals surface area contributed by atoms with Crippen LogP contribution in [0.2, 0.25) is 0 Å². The van der Waals surface area contributed by atoms with Crippen molar-refractivity contribution in [3.63, 3.8) is 0 Å². The number of hydrogen-bond donors (Lipinski definition) is 3. The number of nitrogens with two attached hydrogens (primary N) is 1. The van der Waals surface area contributed by atoms with Crippen molar-refractivity contribution in [1.82, 2.24) is 0 Å². The van der Waals surface area contributed by atoms with Crippen molar-refractivity contribution in [2.75, 3.05) is 5.32 Å². The van der Waals surface area contributed by atoms with Crippen LogP contribution in [0.15, 0.2) is 18.2 Å². The first kappa shape index (κ1) is 13.1. The number of halogens is 1. The molecule has 92 valence electrons. The fourth-order valence-electron chi connectivity index (χ4n) is 1.16. The molecule has 0 aromatic heterocycles. The highest BCUT2D eigenvalue weighted by Crippen LogP contribution is 2.16. The van der Waals surface area contributed by atoms with Gasteiger partial charge in [-0.1, -0.05) is 6.92 Å². The van der Waals surface area contributed by atoms with Crippen LogP contribution in [0.3, 0.4) is 0 Å². The second-order valence-corrected chi connectivity index (χ2v) is 3.50. The Morgan fingerprint density at radius 2 is 2.18 bits per heavy atom. The number of amides is 1. The number of carboxylic acids is 1. The van der Waals surface area contributed by atoms with Gasteiger partial charge in [0.1, 0.15) is 5.82 Å². The molecule has 0 unspecified atom stereocenters. The predicted octanol–water partition coefficient (Wildman–Crippen LogP) is 1.20. The molecule has 0 aliphatic heterocycles. The van der Waals surface area contributed by atoms with Gasteiger partial charge in [0.15, 0.2) is 0 Å². The van der Waals surface area contributed by atoms with Crippen molar-refractivity contribution in [1.29, 1.82) is 0 Å². The average Bonchev–Trinajstić information content (AvgIpc) is 2.30. The van der Waals surface area contributed by atoms with Crippen LogP contribution in [0.1, 0.15) is 23.7 Å². The average molecular weight is 240 g/mol. The number of carboxylic acid groups (broad SMARTS) is 1. The fraction of sp³-hybridized carbons (Fsp3) is 0.273. The Kier molecular flexibility index (Phi) is 4.17. The van der Waals surface area contributed by atoms with Crippen LogP contribution in [-0.4, -0.2) is 23.0 Å². The van der Waals surface area contributed by atoms with Crippen molar-refractivity contribution in [2.45, 2.75) is 19.4 Å². The first-order valence-electron chi connectivity index (χ1n) is 5.05. The Bertz CT molecular complexity index is 448. The fourth-order valence-corrected chi connectivity index (χ4v) is 1.16. The molecule has 0 aliphatic carbocycles. The van der Waals surface area contributed by atoms with Crippen molar-refractivity contribution in [3.05, 3.63) is 29.6 Å². The molecule has 17 heavy (non-hydrogen) atoms. The lowest BCUT2D eigenvalue weighted by Crippen LogP contribution is -2.35. The summed E-state index contributed by atoms with van der Waals surface area (Å²) in [7, 11) is 0. The minimum atomic E-state index is -1.23. The Morgan fingerprint density at radius 3 is 2.65 bits per heavy atom. The highest BCUT2D eigenvalue weighted by atomic mass is 19.1. The van der Waals surface area contributed by atoms with Crippen LogP contribution < -0.4 is 11.1 Å². The Balaban J connectivity index is 2.86. The van der Waals surface area contributed by atoms with Gasteiger partial charge < -0.3 is 16.2 Å². The summed E-state index contributed by atoms with van der Waals surface area (Å²) in [5.74, 6) is -2.54. The third-order valence-corrected chi connectivity index (χ3v) is 2.25. The van der Waals surface area contributed by atoms with Crippen molar-refractivity contribution in [3.8, 4) is 0 Å². The van der Waals surface area contributed by atoms with Gasteiger partial charge in [-0.15, -0.1) is 0 Å². The summed E-state index contributed by atoms with van der Waals surface area (Å²) < 4.78 is 13.4. The van der Waals surface area contributed by atoms with Gasteiger partial charge in [-0.2, -0.15) is 0 Å². The molecular weight excluding hydrogens is 227 g/mol. The van der Waals surface area contributed by atoms with E-state index in [2.05, 4.69) is 5.32 Å². The van der Waals surface area contributed by atoms with Crippen LogP contribution in [-0.2, 0) is 4.79 Å². The smallest absolute Gasteiger partial charge is 0.335 e. The van der Waals surface area contributed by atoms with E-state index in [9.17, 15) is 14.0 Å². The zero-order valence-electron chi connectivity index (χ0n) is 9.24. The maximum Gasteiger partial charge on any atom is 0.335 e. The summed E-state index contributed by atoms with van der Waals surface area (Å²) in [6.07, 6.45) is 0.431. The highest BCUT2D eigenvalue weighted by Gasteiger charge is 2.14. The minimum Gasteiger partial charge on any atom is -0.478 e. The van der Waals surface area contributed by atoms with Gasteiger partial charge in [0.2, 0.25) is 5.91 Å². The number of nitrogens with one attached hydrogen (secondary N) is 1. The number of aromatic carboxylic acids is 1. The van der Waals surface area contributed by atoms with Gasteiger partial charge in [-0.3, -0.25) is 4.79 Å². The first-order chi connectivity index (χ1) is 7.95. The van der Waals surface area contributed by atoms with Crippen LogP contribution in [0.5, 0.6) is 0 Å². The van der Waals surface area contributed by atoms with Gasteiger partial charge in [-0.25, -0.2) is 9.18 Å². The third kappa shape index (κ3) is 3.25. The maximum atomic E-state index is 13.4. The third-order valence-electron chi connectivity index (χ3n) is 2.25. The molecule has 0 bridgehead atoms. The molecule has 0 spiro atoms. The Morgan fingerprint density at radius 1 is 1.53 bits per heavy atom. The number of carbonyl (C=O) groups is 2. The van der Waals surface area contributed by atoms with Crippen molar-refractivity contribution in [2.24, 2.45) is 5.73 Å². The number of hydrogen-bond acceptors (Lipinski definition) is 3. The van der Waals surface area contributed by atoms with E-state index >= 15 is 0 Å². The summed E-state index contributed by atoms with van der Waals surface area (Å²) in [5.41, 5.74) is 5.20. The second-order valence-electron chi connectivity index (χ2n) is 3.50. The SMILES string of the molecule is CC[C@H](N)C(=O)Nc1ccc(C(=O)O)cc1F. The summed E-state index contributed by atoms with van der Waals surface area (Å²) in [6.45, 7) is 1.73. The second kappa shape index (κ2) is 5.40. The molecule has 0 radical (unpaired) electrons. The molecule has 0 aliphatic rings. The summed E-state index contributed by atoms with van der Waals surface area (Å²) >= 11 is 0. The lowest BCUT2D eigenvalue weighted by molar-refractivity contribution is -0.117. The summed E-state index contributed by atoms with van der Waals surface area (Å²) in [6, 6.07) is 2.53. The molecule has 1 atom stereocenters. The topological polar surface area (TPSA) is 92.4 Å².